The van der Waals surface area contributed by atoms with Crippen LogP contribution in [0.1, 0.15) is 45.7 Å². The molecular formula is C19H23N3O2. The smallest absolute Gasteiger partial charge is 0.411 e. The summed E-state index contributed by atoms with van der Waals surface area (Å²) in [6.45, 7) is 5.74. The molecule has 1 fully saturated rings. The van der Waals surface area contributed by atoms with Gasteiger partial charge in [0.05, 0.1) is 17.9 Å². The lowest BCUT2D eigenvalue weighted by atomic mass is 9.99. The van der Waals surface area contributed by atoms with Gasteiger partial charge in [0.1, 0.15) is 11.2 Å². The number of pyridine rings is 1. The Balaban J connectivity index is 1.63. The van der Waals surface area contributed by atoms with Crippen LogP contribution in [0.3, 0.4) is 0 Å². The number of aromatic nitrogens is 2. The van der Waals surface area contributed by atoms with E-state index >= 15 is 0 Å². The summed E-state index contributed by atoms with van der Waals surface area (Å²) in [7, 11) is 0. The Hall–Kier alpha value is -2.30. The van der Waals surface area contributed by atoms with Gasteiger partial charge in [-0.25, -0.2) is 9.78 Å². The van der Waals surface area contributed by atoms with Crippen LogP contribution in [0.5, 0.6) is 0 Å². The van der Waals surface area contributed by atoms with Gasteiger partial charge in [-0.05, 0) is 57.7 Å². The highest BCUT2D eigenvalue weighted by molar-refractivity contribution is 5.75. The average molecular weight is 325 g/mol. The van der Waals surface area contributed by atoms with Gasteiger partial charge in [-0.15, -0.1) is 0 Å². The second kappa shape index (κ2) is 5.36. The van der Waals surface area contributed by atoms with E-state index in [1.165, 1.54) is 5.57 Å². The van der Waals surface area contributed by atoms with Crippen molar-refractivity contribution in [2.45, 2.75) is 57.7 Å². The molecule has 1 saturated heterocycles. The van der Waals surface area contributed by atoms with Gasteiger partial charge in [-0.2, -0.15) is 0 Å². The zero-order chi connectivity index (χ0) is 16.9. The molecule has 24 heavy (non-hydrogen) atoms. The predicted octanol–water partition coefficient (Wildman–Crippen LogP) is 3.89. The van der Waals surface area contributed by atoms with E-state index in [9.17, 15) is 4.79 Å². The Morgan fingerprint density at radius 1 is 1.29 bits per heavy atom. The number of ether oxygens (including phenoxy) is 1. The van der Waals surface area contributed by atoms with Crippen molar-refractivity contribution < 1.29 is 9.53 Å². The fraction of sp³-hybridized carbons (Fsp3) is 0.474. The van der Waals surface area contributed by atoms with E-state index in [1.54, 1.807) is 0 Å². The number of hydrogen-bond acceptors (Lipinski definition) is 3. The number of carbonyl (C=O) groups is 1. The largest absolute Gasteiger partial charge is 0.444 e. The van der Waals surface area contributed by atoms with Gasteiger partial charge >= 0.3 is 6.09 Å². The van der Waals surface area contributed by atoms with Crippen molar-refractivity contribution in [2.75, 3.05) is 0 Å². The summed E-state index contributed by atoms with van der Waals surface area (Å²) in [5.74, 6) is 0. The van der Waals surface area contributed by atoms with E-state index in [-0.39, 0.29) is 18.2 Å². The van der Waals surface area contributed by atoms with Crippen LogP contribution in [0.4, 0.5) is 4.79 Å². The van der Waals surface area contributed by atoms with Crippen molar-refractivity contribution in [3.05, 3.63) is 42.4 Å². The highest BCUT2D eigenvalue weighted by Gasteiger charge is 2.42. The summed E-state index contributed by atoms with van der Waals surface area (Å²) < 4.78 is 7.71. The number of hydrogen-bond donors (Lipinski definition) is 0. The molecule has 2 atom stereocenters. The second-order valence-electron chi connectivity index (χ2n) is 7.65. The molecule has 4 heterocycles. The van der Waals surface area contributed by atoms with Crippen LogP contribution < -0.4 is 0 Å². The molecular weight excluding hydrogens is 302 g/mol. The van der Waals surface area contributed by atoms with Crippen molar-refractivity contribution in [2.24, 2.45) is 0 Å². The second-order valence-corrected chi connectivity index (χ2v) is 7.65. The third kappa shape index (κ3) is 2.58. The zero-order valence-electron chi connectivity index (χ0n) is 14.4. The Morgan fingerprint density at radius 3 is 2.88 bits per heavy atom. The molecule has 2 aliphatic rings. The molecule has 2 bridgehead atoms. The van der Waals surface area contributed by atoms with Crippen LogP contribution in [0.2, 0.25) is 0 Å². The van der Waals surface area contributed by atoms with Crippen LogP contribution in [-0.2, 0) is 4.74 Å². The van der Waals surface area contributed by atoms with Crippen LogP contribution in [0.15, 0.2) is 36.7 Å². The molecule has 0 saturated carbocycles. The summed E-state index contributed by atoms with van der Waals surface area (Å²) in [6.07, 6.45) is 8.90. The lowest BCUT2D eigenvalue weighted by Crippen LogP contribution is -2.45. The molecule has 0 radical (unpaired) electrons. The van der Waals surface area contributed by atoms with Gasteiger partial charge in [0, 0.05) is 12.2 Å². The molecule has 0 spiro atoms. The first-order valence-corrected chi connectivity index (χ1v) is 8.57. The molecule has 0 N–H and O–H groups in total. The maximum atomic E-state index is 12.5. The molecule has 5 heteroatoms. The van der Waals surface area contributed by atoms with E-state index in [4.69, 9.17) is 4.74 Å². The number of imidazole rings is 1. The number of rotatable bonds is 1. The van der Waals surface area contributed by atoms with Crippen LogP contribution in [-0.4, -0.2) is 38.1 Å². The fourth-order valence-electron chi connectivity index (χ4n) is 3.79. The molecule has 2 aromatic heterocycles. The first-order valence-electron chi connectivity index (χ1n) is 8.57. The first kappa shape index (κ1) is 15.2. The molecule has 2 unspecified atom stereocenters. The molecule has 2 aliphatic heterocycles. The summed E-state index contributed by atoms with van der Waals surface area (Å²) >= 11 is 0. The topological polar surface area (TPSA) is 46.8 Å². The van der Waals surface area contributed by atoms with E-state index in [1.807, 2.05) is 56.3 Å². The average Bonchev–Trinajstić information content (AvgIpc) is 3.05. The lowest BCUT2D eigenvalue weighted by molar-refractivity contribution is 0.0175. The fourth-order valence-corrected chi connectivity index (χ4v) is 3.79. The maximum absolute atomic E-state index is 12.5. The molecule has 0 aromatic carbocycles. The molecule has 0 aliphatic carbocycles. The van der Waals surface area contributed by atoms with Crippen LogP contribution in [0.25, 0.3) is 11.2 Å². The van der Waals surface area contributed by atoms with Gasteiger partial charge < -0.3 is 9.14 Å². The highest BCUT2D eigenvalue weighted by Crippen LogP contribution is 2.39. The molecule has 1 amide bonds. The third-order valence-corrected chi connectivity index (χ3v) is 4.75. The number of amides is 1. The van der Waals surface area contributed by atoms with E-state index in [0.29, 0.717) is 0 Å². The molecule has 2 aromatic rings. The van der Waals surface area contributed by atoms with Gasteiger partial charge in [-0.3, -0.25) is 4.90 Å². The standard InChI is InChI=1S/C19H23N3O2/c1-19(2,3)24-18(23)22-14-7-8-15(22)11-13(10-14)16-12-20-17-6-4-5-9-21(16)17/h4-6,9-10,12,14-15H,7-8,11H2,1-3H3. The monoisotopic (exact) mass is 325 g/mol. The lowest BCUT2D eigenvalue weighted by Gasteiger charge is -2.35. The number of nitrogens with zero attached hydrogens (tertiary/aromatic N) is 3. The van der Waals surface area contributed by atoms with Crippen LogP contribution >= 0.6 is 0 Å². The minimum Gasteiger partial charge on any atom is -0.444 e. The first-order chi connectivity index (χ1) is 11.4. The molecule has 4 rings (SSSR count). The van der Waals surface area contributed by atoms with Gasteiger partial charge in [0.15, 0.2) is 0 Å². The Bertz CT molecular complexity index is 815. The van der Waals surface area contributed by atoms with Crippen LogP contribution in [0, 0.1) is 0 Å². The van der Waals surface area contributed by atoms with E-state index in [0.717, 1.165) is 30.6 Å². The van der Waals surface area contributed by atoms with Crippen molar-refractivity contribution in [3.8, 4) is 0 Å². The number of carbonyl (C=O) groups excluding carboxylic acids is 1. The van der Waals surface area contributed by atoms with Crippen molar-refractivity contribution in [3.63, 3.8) is 0 Å². The van der Waals surface area contributed by atoms with Gasteiger partial charge in [0.2, 0.25) is 0 Å². The minimum atomic E-state index is -0.456. The Kier molecular flexibility index (Phi) is 3.41. The quantitative estimate of drug-likeness (QED) is 0.799. The molecule has 126 valence electrons. The Morgan fingerprint density at radius 2 is 2.12 bits per heavy atom. The highest BCUT2D eigenvalue weighted by atomic mass is 16.6. The van der Waals surface area contributed by atoms with Gasteiger partial charge in [0.25, 0.3) is 0 Å². The van der Waals surface area contributed by atoms with Crippen molar-refractivity contribution >= 4 is 17.3 Å². The summed E-state index contributed by atoms with van der Waals surface area (Å²) in [5, 5.41) is 0. The van der Waals surface area contributed by atoms with Crippen molar-refractivity contribution in [1.82, 2.24) is 14.3 Å². The zero-order valence-corrected chi connectivity index (χ0v) is 14.4. The minimum absolute atomic E-state index is 0.128. The third-order valence-electron chi connectivity index (χ3n) is 4.75. The summed E-state index contributed by atoms with van der Waals surface area (Å²) in [4.78, 5) is 18.9. The molecule has 5 nitrogen and oxygen atoms in total. The van der Waals surface area contributed by atoms with E-state index < -0.39 is 5.60 Å². The summed E-state index contributed by atoms with van der Waals surface area (Å²) in [6, 6.07) is 6.37. The number of fused-ring (bicyclic) bond motifs is 3. The van der Waals surface area contributed by atoms with Crippen molar-refractivity contribution in [1.29, 1.82) is 0 Å². The maximum Gasteiger partial charge on any atom is 0.411 e. The summed E-state index contributed by atoms with van der Waals surface area (Å²) in [5.41, 5.74) is 2.91. The normalized spacial score (nSPS) is 23.5. The SMILES string of the molecule is CC(C)(C)OC(=O)N1C2C=C(c3cnc4ccccn34)CC1CC2. The van der Waals surface area contributed by atoms with Gasteiger partial charge in [-0.1, -0.05) is 12.1 Å². The Labute approximate surface area is 141 Å². The predicted molar refractivity (Wildman–Crippen MR) is 92.7 cm³/mol. The van der Waals surface area contributed by atoms with E-state index in [2.05, 4.69) is 15.5 Å².